The van der Waals surface area contributed by atoms with E-state index < -0.39 is 0 Å². The van der Waals surface area contributed by atoms with Gasteiger partial charge < -0.3 is 4.42 Å². The first-order valence-electron chi connectivity index (χ1n) is 12.3. The summed E-state index contributed by atoms with van der Waals surface area (Å²) in [5.74, 6) is 0.841. The summed E-state index contributed by atoms with van der Waals surface area (Å²) in [7, 11) is 0. The third-order valence-electron chi connectivity index (χ3n) is 6.30. The van der Waals surface area contributed by atoms with E-state index in [0.29, 0.717) is 21.9 Å². The fourth-order valence-corrected chi connectivity index (χ4v) is 4.57. The van der Waals surface area contributed by atoms with Crippen LogP contribution >= 0.6 is 11.6 Å². The van der Waals surface area contributed by atoms with E-state index >= 15 is 0 Å². The van der Waals surface area contributed by atoms with E-state index in [1.807, 2.05) is 126 Å². The fraction of sp³-hybridized carbons (Fsp3) is 0. The van der Waals surface area contributed by atoms with Crippen molar-refractivity contribution in [2.75, 3.05) is 0 Å². The maximum atomic E-state index is 10.2. The number of hydrogen-bond donors (Lipinski definition) is 0. The Hall–Kier alpha value is -5.18. The zero-order chi connectivity index (χ0) is 26.6. The van der Waals surface area contributed by atoms with Crippen LogP contribution < -0.4 is 0 Å². The molecule has 0 saturated heterocycles. The van der Waals surface area contributed by atoms with Crippen molar-refractivity contribution in [2.24, 2.45) is 4.99 Å². The molecule has 0 N–H and O–H groups in total. The van der Waals surface area contributed by atoms with Gasteiger partial charge in [0.25, 0.3) is 0 Å². The molecule has 6 rings (SSSR count). The SMILES string of the molecule is N#Cc1c(N=Cc2cn(-c3ccccc3)nc2-c2ccc(Cl)cc2)oc(-c2ccccc2)c1-c1ccccc1. The number of hydrogen-bond acceptors (Lipinski definition) is 4. The Bertz CT molecular complexity index is 1800. The topological polar surface area (TPSA) is 67.1 Å². The smallest absolute Gasteiger partial charge is 0.238 e. The predicted octanol–water partition coefficient (Wildman–Crippen LogP) is 8.74. The van der Waals surface area contributed by atoms with E-state index in [2.05, 4.69) is 6.07 Å². The van der Waals surface area contributed by atoms with Gasteiger partial charge in [0.2, 0.25) is 5.88 Å². The number of nitriles is 1. The number of benzene rings is 4. The van der Waals surface area contributed by atoms with E-state index in [1.54, 1.807) is 6.21 Å². The average molecular weight is 525 g/mol. The molecular formula is C33H21ClN4O. The van der Waals surface area contributed by atoms with Gasteiger partial charge >= 0.3 is 0 Å². The standard InChI is InChI=1S/C33H21ClN4O/c34-27-18-16-24(17-19-27)31-26(22-38(37-31)28-14-8-3-9-15-28)21-36-33-29(20-35)30(23-10-4-1-5-11-23)32(39-33)25-12-6-2-7-13-25/h1-19,21-22H. The Morgan fingerprint density at radius 2 is 1.38 bits per heavy atom. The molecule has 4 aromatic carbocycles. The summed E-state index contributed by atoms with van der Waals surface area (Å²) in [5.41, 5.74) is 6.16. The maximum Gasteiger partial charge on any atom is 0.238 e. The van der Waals surface area contributed by atoms with E-state index in [0.717, 1.165) is 33.6 Å². The molecule has 0 aliphatic carbocycles. The van der Waals surface area contributed by atoms with Crippen LogP contribution in [0.3, 0.4) is 0 Å². The summed E-state index contributed by atoms with van der Waals surface area (Å²) in [5, 5.41) is 15.7. The third kappa shape index (κ3) is 4.89. The number of nitrogens with zero attached hydrogens (tertiary/aromatic N) is 4. The Balaban J connectivity index is 1.49. The maximum absolute atomic E-state index is 10.2. The second-order valence-electron chi connectivity index (χ2n) is 8.81. The molecule has 2 aromatic heterocycles. The largest absolute Gasteiger partial charge is 0.436 e. The van der Waals surface area contributed by atoms with Crippen molar-refractivity contribution in [3.05, 3.63) is 138 Å². The monoisotopic (exact) mass is 524 g/mol. The van der Waals surface area contributed by atoms with Gasteiger partial charge in [-0.25, -0.2) is 9.67 Å². The number of halogens is 1. The molecule has 0 spiro atoms. The highest BCUT2D eigenvalue weighted by Gasteiger charge is 2.23. The number of furan rings is 1. The van der Waals surface area contributed by atoms with E-state index in [1.165, 1.54) is 0 Å². The molecule has 2 heterocycles. The van der Waals surface area contributed by atoms with Crippen LogP contribution in [0, 0.1) is 11.3 Å². The van der Waals surface area contributed by atoms with Gasteiger partial charge in [0.05, 0.1) is 5.69 Å². The molecule has 0 aliphatic rings. The number of aromatic nitrogens is 2. The molecule has 39 heavy (non-hydrogen) atoms. The number of para-hydroxylation sites is 1. The zero-order valence-electron chi connectivity index (χ0n) is 20.7. The van der Waals surface area contributed by atoms with Crippen molar-refractivity contribution in [3.8, 4) is 45.5 Å². The molecule has 0 saturated carbocycles. The Labute approximate surface area is 230 Å². The lowest BCUT2D eigenvalue weighted by Crippen LogP contribution is -1.93. The molecule has 0 bridgehead atoms. The summed E-state index contributed by atoms with van der Waals surface area (Å²) in [6.07, 6.45) is 3.60. The zero-order valence-corrected chi connectivity index (χ0v) is 21.5. The van der Waals surface area contributed by atoms with Crippen LogP contribution in [0.5, 0.6) is 0 Å². The summed E-state index contributed by atoms with van der Waals surface area (Å²) in [6.45, 7) is 0. The highest BCUT2D eigenvalue weighted by Crippen LogP contribution is 2.42. The first kappa shape index (κ1) is 24.2. The van der Waals surface area contributed by atoms with Crippen LogP contribution in [-0.4, -0.2) is 16.0 Å². The molecule has 0 radical (unpaired) electrons. The lowest BCUT2D eigenvalue weighted by Gasteiger charge is -2.03. The van der Waals surface area contributed by atoms with Gasteiger partial charge in [0, 0.05) is 39.7 Å². The van der Waals surface area contributed by atoms with E-state index in [4.69, 9.17) is 26.1 Å². The first-order chi connectivity index (χ1) is 19.2. The summed E-state index contributed by atoms with van der Waals surface area (Å²) >= 11 is 6.14. The Kier molecular flexibility index (Phi) is 6.61. The molecule has 6 aromatic rings. The molecule has 0 unspecified atom stereocenters. The van der Waals surface area contributed by atoms with Gasteiger partial charge in [-0.15, -0.1) is 0 Å². The Morgan fingerprint density at radius 3 is 2.03 bits per heavy atom. The molecular weight excluding hydrogens is 504 g/mol. The lowest BCUT2D eigenvalue weighted by molar-refractivity contribution is 0.593. The van der Waals surface area contributed by atoms with Crippen LogP contribution in [0.4, 0.5) is 5.88 Å². The van der Waals surface area contributed by atoms with Crippen LogP contribution in [0.15, 0.2) is 131 Å². The summed E-state index contributed by atoms with van der Waals surface area (Å²) in [4.78, 5) is 4.70. The molecule has 5 nitrogen and oxygen atoms in total. The fourth-order valence-electron chi connectivity index (χ4n) is 4.44. The molecule has 0 atom stereocenters. The highest BCUT2D eigenvalue weighted by molar-refractivity contribution is 6.30. The van der Waals surface area contributed by atoms with Crippen molar-refractivity contribution in [3.63, 3.8) is 0 Å². The third-order valence-corrected chi connectivity index (χ3v) is 6.55. The van der Waals surface area contributed by atoms with Crippen molar-refractivity contribution >= 4 is 23.7 Å². The second kappa shape index (κ2) is 10.7. The highest BCUT2D eigenvalue weighted by atomic mass is 35.5. The van der Waals surface area contributed by atoms with Gasteiger partial charge in [-0.2, -0.15) is 10.4 Å². The number of rotatable bonds is 6. The van der Waals surface area contributed by atoms with Crippen LogP contribution in [-0.2, 0) is 0 Å². The quantitative estimate of drug-likeness (QED) is 0.204. The average Bonchev–Trinajstić information content (AvgIpc) is 3.59. The van der Waals surface area contributed by atoms with Crippen LogP contribution in [0.1, 0.15) is 11.1 Å². The van der Waals surface area contributed by atoms with E-state index in [-0.39, 0.29) is 5.88 Å². The van der Waals surface area contributed by atoms with Crippen molar-refractivity contribution in [2.45, 2.75) is 0 Å². The van der Waals surface area contributed by atoms with Gasteiger partial charge in [-0.1, -0.05) is 103 Å². The normalized spacial score (nSPS) is 11.1. The second-order valence-corrected chi connectivity index (χ2v) is 9.24. The van der Waals surface area contributed by atoms with Crippen molar-refractivity contribution in [1.82, 2.24) is 9.78 Å². The minimum absolute atomic E-state index is 0.240. The predicted molar refractivity (Wildman–Crippen MR) is 156 cm³/mol. The summed E-state index contributed by atoms with van der Waals surface area (Å²) in [6, 6.07) is 39.2. The van der Waals surface area contributed by atoms with Gasteiger partial charge in [-0.3, -0.25) is 0 Å². The first-order valence-corrected chi connectivity index (χ1v) is 12.7. The minimum atomic E-state index is 0.240. The van der Waals surface area contributed by atoms with Crippen LogP contribution in [0.2, 0.25) is 5.02 Å². The van der Waals surface area contributed by atoms with Gasteiger partial charge in [0.1, 0.15) is 23.1 Å². The van der Waals surface area contributed by atoms with Gasteiger partial charge in [-0.05, 0) is 29.8 Å². The molecule has 0 aliphatic heterocycles. The number of aliphatic imine (C=N–C) groups is 1. The minimum Gasteiger partial charge on any atom is -0.436 e. The molecule has 186 valence electrons. The van der Waals surface area contributed by atoms with Crippen LogP contribution in [0.25, 0.3) is 39.4 Å². The molecule has 6 heteroatoms. The summed E-state index contributed by atoms with van der Waals surface area (Å²) < 4.78 is 8.10. The van der Waals surface area contributed by atoms with Crippen molar-refractivity contribution < 1.29 is 4.42 Å². The Morgan fingerprint density at radius 1 is 0.769 bits per heavy atom. The lowest BCUT2D eigenvalue weighted by atomic mass is 9.98. The molecule has 0 amide bonds. The van der Waals surface area contributed by atoms with Crippen molar-refractivity contribution in [1.29, 1.82) is 5.26 Å². The molecule has 0 fully saturated rings. The van der Waals surface area contributed by atoms with E-state index in [9.17, 15) is 5.26 Å². The van der Waals surface area contributed by atoms with Gasteiger partial charge in [0.15, 0.2) is 0 Å².